The summed E-state index contributed by atoms with van der Waals surface area (Å²) in [6, 6.07) is 5.46. The quantitative estimate of drug-likeness (QED) is 0.559. The Morgan fingerprint density at radius 1 is 1.39 bits per heavy atom. The van der Waals surface area contributed by atoms with Crippen LogP contribution in [0.4, 0.5) is 0 Å². The molecular weight excluding hydrogens is 402 g/mol. The number of halogens is 1. The fourth-order valence-corrected chi connectivity index (χ4v) is 3.46. The molecule has 9 heteroatoms. The molecule has 0 unspecified atom stereocenters. The number of hydrogen-bond donors (Lipinski definition) is 1. The molecular formula is C19H20ClN3O4S. The molecule has 1 aromatic carbocycles. The Hall–Kier alpha value is -2.58. The molecule has 0 spiro atoms. The van der Waals surface area contributed by atoms with Crippen LogP contribution in [0.15, 0.2) is 33.5 Å². The first-order chi connectivity index (χ1) is 13.6. The molecule has 1 N–H and O–H groups in total. The highest BCUT2D eigenvalue weighted by molar-refractivity contribution is 7.08. The average molecular weight is 422 g/mol. The number of ether oxygens (including phenoxy) is 2. The number of nitrogens with zero attached hydrogens (tertiary/aromatic N) is 2. The fraction of sp³-hybridized carbons (Fsp3) is 0.316. The monoisotopic (exact) mass is 421 g/mol. The van der Waals surface area contributed by atoms with Gasteiger partial charge in [0.15, 0.2) is 11.5 Å². The zero-order valence-corrected chi connectivity index (χ0v) is 17.1. The summed E-state index contributed by atoms with van der Waals surface area (Å²) in [7, 11) is 1.55. The van der Waals surface area contributed by atoms with Crippen LogP contribution in [0, 0.1) is 0 Å². The summed E-state index contributed by atoms with van der Waals surface area (Å²) in [5, 5.41) is 11.1. The van der Waals surface area contributed by atoms with Crippen molar-refractivity contribution < 1.29 is 18.8 Å². The van der Waals surface area contributed by atoms with Crippen molar-refractivity contribution in [2.75, 3.05) is 13.7 Å². The molecule has 3 aromatic rings. The summed E-state index contributed by atoms with van der Waals surface area (Å²) in [6.07, 6.45) is 0.615. The SMILES string of the molecule is CCOc1c(Cl)cc(CNC(=O)CCc2nc(-c3ccsc3)no2)cc1OC. The minimum Gasteiger partial charge on any atom is -0.493 e. The Balaban J connectivity index is 1.52. The summed E-state index contributed by atoms with van der Waals surface area (Å²) >= 11 is 7.81. The van der Waals surface area contributed by atoms with E-state index in [0.29, 0.717) is 47.8 Å². The second-order valence-corrected chi connectivity index (χ2v) is 7.03. The zero-order chi connectivity index (χ0) is 19.9. The second-order valence-electron chi connectivity index (χ2n) is 5.84. The number of methoxy groups -OCH3 is 1. The maximum Gasteiger partial charge on any atom is 0.227 e. The van der Waals surface area contributed by atoms with Crippen molar-refractivity contribution >= 4 is 28.8 Å². The lowest BCUT2D eigenvalue weighted by molar-refractivity contribution is -0.121. The number of hydrogen-bond acceptors (Lipinski definition) is 7. The highest BCUT2D eigenvalue weighted by atomic mass is 35.5. The highest BCUT2D eigenvalue weighted by Gasteiger charge is 2.13. The Kier molecular flexibility index (Phi) is 6.89. The summed E-state index contributed by atoms with van der Waals surface area (Å²) in [4.78, 5) is 16.5. The van der Waals surface area contributed by atoms with Crippen LogP contribution in [-0.2, 0) is 17.8 Å². The van der Waals surface area contributed by atoms with E-state index in [4.69, 9.17) is 25.6 Å². The van der Waals surface area contributed by atoms with Gasteiger partial charge in [0.05, 0.1) is 18.7 Å². The van der Waals surface area contributed by atoms with Gasteiger partial charge >= 0.3 is 0 Å². The van der Waals surface area contributed by atoms with E-state index >= 15 is 0 Å². The number of aryl methyl sites for hydroxylation is 1. The second kappa shape index (κ2) is 9.57. The number of rotatable bonds is 9. The third-order valence-electron chi connectivity index (χ3n) is 3.88. The van der Waals surface area contributed by atoms with Gasteiger partial charge in [0.2, 0.25) is 17.6 Å². The van der Waals surface area contributed by atoms with E-state index in [0.717, 1.165) is 11.1 Å². The van der Waals surface area contributed by atoms with Gasteiger partial charge in [0, 0.05) is 30.3 Å². The van der Waals surface area contributed by atoms with Crippen molar-refractivity contribution in [2.24, 2.45) is 0 Å². The Labute approximate surface area is 171 Å². The largest absolute Gasteiger partial charge is 0.493 e. The summed E-state index contributed by atoms with van der Waals surface area (Å²) in [5.41, 5.74) is 1.72. The highest BCUT2D eigenvalue weighted by Crippen LogP contribution is 2.36. The van der Waals surface area contributed by atoms with Crippen LogP contribution in [0.1, 0.15) is 24.8 Å². The predicted octanol–water partition coefficient (Wildman–Crippen LogP) is 4.11. The Morgan fingerprint density at radius 3 is 2.96 bits per heavy atom. The lowest BCUT2D eigenvalue weighted by Gasteiger charge is -2.13. The van der Waals surface area contributed by atoms with Gasteiger partial charge in [-0.2, -0.15) is 16.3 Å². The maximum absolute atomic E-state index is 12.1. The third kappa shape index (κ3) is 5.02. The molecule has 3 rings (SSSR count). The van der Waals surface area contributed by atoms with Crippen LogP contribution < -0.4 is 14.8 Å². The van der Waals surface area contributed by atoms with E-state index in [2.05, 4.69) is 15.5 Å². The molecule has 0 aliphatic heterocycles. The number of carbonyl (C=O) groups excluding carboxylic acids is 1. The first-order valence-electron chi connectivity index (χ1n) is 8.71. The van der Waals surface area contributed by atoms with Crippen molar-refractivity contribution in [1.29, 1.82) is 0 Å². The smallest absolute Gasteiger partial charge is 0.227 e. The van der Waals surface area contributed by atoms with Gasteiger partial charge in [-0.25, -0.2) is 0 Å². The van der Waals surface area contributed by atoms with Gasteiger partial charge in [-0.1, -0.05) is 16.8 Å². The summed E-state index contributed by atoms with van der Waals surface area (Å²) in [5.74, 6) is 1.87. The van der Waals surface area contributed by atoms with Crippen LogP contribution in [-0.4, -0.2) is 29.8 Å². The van der Waals surface area contributed by atoms with Crippen LogP contribution in [0.5, 0.6) is 11.5 Å². The van der Waals surface area contributed by atoms with E-state index < -0.39 is 0 Å². The number of aromatic nitrogens is 2. The van der Waals surface area contributed by atoms with E-state index in [1.807, 2.05) is 23.8 Å². The van der Waals surface area contributed by atoms with E-state index in [9.17, 15) is 4.79 Å². The minimum absolute atomic E-state index is 0.126. The van der Waals surface area contributed by atoms with Crippen LogP contribution >= 0.6 is 22.9 Å². The van der Waals surface area contributed by atoms with Crippen molar-refractivity contribution in [3.05, 3.63) is 45.4 Å². The van der Waals surface area contributed by atoms with E-state index in [-0.39, 0.29) is 12.3 Å². The first-order valence-corrected chi connectivity index (χ1v) is 10.0. The molecule has 0 saturated carbocycles. The van der Waals surface area contributed by atoms with Crippen molar-refractivity contribution in [2.45, 2.75) is 26.3 Å². The van der Waals surface area contributed by atoms with Crippen molar-refractivity contribution in [1.82, 2.24) is 15.5 Å². The van der Waals surface area contributed by atoms with Gasteiger partial charge in [-0.05, 0) is 36.1 Å². The molecule has 0 bridgehead atoms. The number of thiophene rings is 1. The molecule has 0 fully saturated rings. The Bertz CT molecular complexity index is 927. The number of amides is 1. The number of carbonyl (C=O) groups is 1. The topological polar surface area (TPSA) is 86.5 Å². The standard InChI is InChI=1S/C19H20ClN3O4S/c1-3-26-18-14(20)8-12(9-15(18)25-2)10-21-16(24)4-5-17-22-19(23-27-17)13-6-7-28-11-13/h6-9,11H,3-5,10H2,1-2H3,(H,21,24). The molecule has 0 saturated heterocycles. The van der Waals surface area contributed by atoms with E-state index in [1.54, 1.807) is 30.6 Å². The lowest BCUT2D eigenvalue weighted by Crippen LogP contribution is -2.23. The summed E-state index contributed by atoms with van der Waals surface area (Å²) < 4.78 is 16.0. The molecule has 7 nitrogen and oxygen atoms in total. The van der Waals surface area contributed by atoms with E-state index in [1.165, 1.54) is 0 Å². The molecule has 148 valence electrons. The normalized spacial score (nSPS) is 10.7. The Morgan fingerprint density at radius 2 is 2.25 bits per heavy atom. The maximum atomic E-state index is 12.1. The minimum atomic E-state index is -0.126. The van der Waals surface area contributed by atoms with Gasteiger partial charge in [0.25, 0.3) is 0 Å². The zero-order valence-electron chi connectivity index (χ0n) is 15.5. The third-order valence-corrected chi connectivity index (χ3v) is 4.84. The van der Waals surface area contributed by atoms with Crippen LogP contribution in [0.25, 0.3) is 11.4 Å². The molecule has 0 aliphatic carbocycles. The lowest BCUT2D eigenvalue weighted by atomic mass is 10.2. The molecule has 0 atom stereocenters. The van der Waals surface area contributed by atoms with Crippen molar-refractivity contribution in [3.63, 3.8) is 0 Å². The molecule has 28 heavy (non-hydrogen) atoms. The molecule has 1 amide bonds. The van der Waals surface area contributed by atoms with Gasteiger partial charge in [-0.3, -0.25) is 4.79 Å². The molecule has 2 heterocycles. The molecule has 0 aliphatic rings. The number of benzene rings is 1. The van der Waals surface area contributed by atoms with Crippen molar-refractivity contribution in [3.8, 4) is 22.9 Å². The van der Waals surface area contributed by atoms with Gasteiger partial charge < -0.3 is 19.3 Å². The fourth-order valence-electron chi connectivity index (χ4n) is 2.53. The predicted molar refractivity (Wildman–Crippen MR) is 107 cm³/mol. The van der Waals surface area contributed by atoms with Crippen LogP contribution in [0.2, 0.25) is 5.02 Å². The molecule has 0 radical (unpaired) electrons. The van der Waals surface area contributed by atoms with Gasteiger partial charge in [-0.15, -0.1) is 0 Å². The molecule has 2 aromatic heterocycles. The number of nitrogens with one attached hydrogen (secondary N) is 1. The van der Waals surface area contributed by atoms with Gasteiger partial charge in [0.1, 0.15) is 0 Å². The summed E-state index contributed by atoms with van der Waals surface area (Å²) in [6.45, 7) is 2.68. The first kappa shape index (κ1) is 20.2. The van der Waals surface area contributed by atoms with Crippen LogP contribution in [0.3, 0.4) is 0 Å². The average Bonchev–Trinajstić information content (AvgIpc) is 3.38.